The van der Waals surface area contributed by atoms with Crippen LogP contribution in [0.3, 0.4) is 0 Å². The maximum Gasteiger partial charge on any atom is 0.253 e. The third-order valence-electron chi connectivity index (χ3n) is 5.19. The Hall–Kier alpha value is -1.46. The highest BCUT2D eigenvalue weighted by Crippen LogP contribution is 2.35. The van der Waals surface area contributed by atoms with Gasteiger partial charge in [-0.1, -0.05) is 0 Å². The van der Waals surface area contributed by atoms with Gasteiger partial charge >= 0.3 is 0 Å². The fraction of sp³-hybridized carbons (Fsp3) is 0.647. The Morgan fingerprint density at radius 3 is 2.82 bits per heavy atom. The number of carbonyl (C=O) groups excluding carboxylic acids is 1. The van der Waals surface area contributed by atoms with Crippen LogP contribution in [0.5, 0.6) is 0 Å². The number of likely N-dealkylation sites (tertiary alicyclic amines) is 1. The number of piperidine rings is 1. The van der Waals surface area contributed by atoms with Gasteiger partial charge in [0, 0.05) is 25.8 Å². The van der Waals surface area contributed by atoms with Crippen molar-refractivity contribution in [3.8, 4) is 0 Å². The molecule has 0 radical (unpaired) electrons. The molecule has 0 unspecified atom stereocenters. The molecule has 22 heavy (non-hydrogen) atoms. The lowest BCUT2D eigenvalue weighted by Gasteiger charge is -2.47. The van der Waals surface area contributed by atoms with Crippen LogP contribution in [0.1, 0.15) is 25.7 Å². The number of ether oxygens (including phenoxy) is 1. The van der Waals surface area contributed by atoms with E-state index in [0.29, 0.717) is 6.54 Å². The highest BCUT2D eigenvalue weighted by Gasteiger charge is 2.43. The molecule has 1 aliphatic carbocycles. The molecule has 0 bridgehead atoms. The van der Waals surface area contributed by atoms with Crippen LogP contribution in [0.2, 0.25) is 0 Å². The first-order valence-electron chi connectivity index (χ1n) is 8.31. The van der Waals surface area contributed by atoms with Crippen LogP contribution in [-0.4, -0.2) is 54.2 Å². The second kappa shape index (κ2) is 5.63. The highest BCUT2D eigenvalue weighted by atomic mass is 16.5. The summed E-state index contributed by atoms with van der Waals surface area (Å²) < 4.78 is 6.00. The van der Waals surface area contributed by atoms with Gasteiger partial charge in [0.25, 0.3) is 5.91 Å². The zero-order chi connectivity index (χ0) is 15.0. The van der Waals surface area contributed by atoms with Gasteiger partial charge in [0.1, 0.15) is 6.61 Å². The van der Waals surface area contributed by atoms with Gasteiger partial charge < -0.3 is 14.5 Å². The monoisotopic (exact) mass is 301 g/mol. The summed E-state index contributed by atoms with van der Waals surface area (Å²) in [6, 6.07) is 3.83. The smallest absolute Gasteiger partial charge is 0.253 e. The largest absolute Gasteiger partial charge is 0.363 e. The van der Waals surface area contributed by atoms with Gasteiger partial charge in [-0.25, -0.2) is 0 Å². The highest BCUT2D eigenvalue weighted by molar-refractivity contribution is 5.95. The zero-order valence-electron chi connectivity index (χ0n) is 12.9. The van der Waals surface area contributed by atoms with Gasteiger partial charge in [0.15, 0.2) is 0 Å². The second-order valence-electron chi connectivity index (χ2n) is 6.91. The van der Waals surface area contributed by atoms with E-state index in [1.165, 1.54) is 19.4 Å². The first-order valence-corrected chi connectivity index (χ1v) is 8.31. The molecule has 118 valence electrons. The van der Waals surface area contributed by atoms with Gasteiger partial charge in [-0.3, -0.25) is 9.78 Å². The predicted octanol–water partition coefficient (Wildman–Crippen LogP) is 1.69. The molecule has 0 aromatic carbocycles. The number of hydrogen-bond donors (Lipinski definition) is 0. The normalized spacial score (nSPS) is 25.6. The number of rotatable bonds is 3. The van der Waals surface area contributed by atoms with Crippen LogP contribution in [-0.2, 0) is 9.53 Å². The summed E-state index contributed by atoms with van der Waals surface area (Å²) in [5.74, 6) is 0.980. The fourth-order valence-electron chi connectivity index (χ4n) is 3.57. The van der Waals surface area contributed by atoms with Gasteiger partial charge in [0.2, 0.25) is 0 Å². The van der Waals surface area contributed by atoms with Crippen molar-refractivity contribution in [2.45, 2.75) is 31.3 Å². The molecule has 3 aliphatic rings. The molecule has 3 heterocycles. The molecule has 3 fully saturated rings. The third-order valence-corrected chi connectivity index (χ3v) is 5.19. The van der Waals surface area contributed by atoms with Crippen LogP contribution >= 0.6 is 0 Å². The van der Waals surface area contributed by atoms with Gasteiger partial charge in [-0.05, 0) is 43.7 Å². The Morgan fingerprint density at radius 1 is 1.32 bits per heavy atom. The number of anilines is 1. The van der Waals surface area contributed by atoms with E-state index in [2.05, 4.69) is 9.88 Å². The minimum atomic E-state index is -0.163. The quantitative estimate of drug-likeness (QED) is 0.852. The van der Waals surface area contributed by atoms with E-state index in [-0.39, 0.29) is 18.1 Å². The van der Waals surface area contributed by atoms with Crippen molar-refractivity contribution in [3.05, 3.63) is 24.5 Å². The maximum absolute atomic E-state index is 12.2. The zero-order valence-corrected chi connectivity index (χ0v) is 12.9. The molecule has 5 nitrogen and oxygen atoms in total. The molecule has 0 atom stereocenters. The van der Waals surface area contributed by atoms with E-state index >= 15 is 0 Å². The third kappa shape index (κ3) is 2.88. The standard InChI is InChI=1S/C17H23N3O2/c21-16-12-22-17(13-20(16)15-2-1-7-18-10-15)5-8-19(9-6-17)11-14-3-4-14/h1-2,7,10,14H,3-6,8-9,11-13H2. The number of hydrogen-bond acceptors (Lipinski definition) is 4. The first kappa shape index (κ1) is 14.2. The molecule has 1 aromatic rings. The molecule has 1 saturated carbocycles. The Morgan fingerprint density at radius 2 is 2.14 bits per heavy atom. The minimum absolute atomic E-state index is 0.0408. The van der Waals surface area contributed by atoms with Crippen molar-refractivity contribution in [2.75, 3.05) is 37.7 Å². The summed E-state index contributed by atoms with van der Waals surface area (Å²) in [4.78, 5) is 20.8. The van der Waals surface area contributed by atoms with Crippen LogP contribution in [0, 0.1) is 5.92 Å². The number of amides is 1. The summed E-state index contributed by atoms with van der Waals surface area (Å²) in [6.07, 6.45) is 8.34. The van der Waals surface area contributed by atoms with Crippen molar-refractivity contribution in [2.24, 2.45) is 5.92 Å². The molecule has 1 spiro atoms. The average Bonchev–Trinajstić information content (AvgIpc) is 3.37. The number of pyridine rings is 1. The minimum Gasteiger partial charge on any atom is -0.363 e. The molecule has 0 N–H and O–H groups in total. The van der Waals surface area contributed by atoms with E-state index in [9.17, 15) is 4.79 Å². The molecule has 5 heteroatoms. The molecule has 1 aromatic heterocycles. The molecule has 2 aliphatic heterocycles. The van der Waals surface area contributed by atoms with Crippen molar-refractivity contribution >= 4 is 11.6 Å². The average molecular weight is 301 g/mol. The van der Waals surface area contributed by atoms with Gasteiger partial charge in [-0.15, -0.1) is 0 Å². The number of carbonyl (C=O) groups is 1. The van der Waals surface area contributed by atoms with Crippen LogP contribution in [0.4, 0.5) is 5.69 Å². The SMILES string of the molecule is O=C1COC2(CCN(CC3CC3)CC2)CN1c1cccnc1. The van der Waals surface area contributed by atoms with E-state index in [1.807, 2.05) is 17.0 Å². The number of aromatic nitrogens is 1. The maximum atomic E-state index is 12.2. The molecular formula is C17H23N3O2. The summed E-state index contributed by atoms with van der Waals surface area (Å²) in [6.45, 7) is 4.28. The van der Waals surface area contributed by atoms with E-state index in [0.717, 1.165) is 37.5 Å². The van der Waals surface area contributed by atoms with Crippen molar-refractivity contribution in [1.82, 2.24) is 9.88 Å². The van der Waals surface area contributed by atoms with Crippen molar-refractivity contribution < 1.29 is 9.53 Å². The van der Waals surface area contributed by atoms with Crippen molar-refractivity contribution in [1.29, 1.82) is 0 Å². The second-order valence-corrected chi connectivity index (χ2v) is 6.91. The molecule has 1 amide bonds. The topological polar surface area (TPSA) is 45.7 Å². The molecule has 4 rings (SSSR count). The summed E-state index contributed by atoms with van der Waals surface area (Å²) in [5.41, 5.74) is 0.722. The number of morpholine rings is 1. The summed E-state index contributed by atoms with van der Waals surface area (Å²) in [7, 11) is 0. The fourth-order valence-corrected chi connectivity index (χ4v) is 3.57. The number of nitrogens with zero attached hydrogens (tertiary/aromatic N) is 3. The Balaban J connectivity index is 1.43. The van der Waals surface area contributed by atoms with Crippen LogP contribution in [0.15, 0.2) is 24.5 Å². The lowest BCUT2D eigenvalue weighted by molar-refractivity contribution is -0.144. The molecular weight excluding hydrogens is 278 g/mol. The molecule has 2 saturated heterocycles. The summed E-state index contributed by atoms with van der Waals surface area (Å²) >= 11 is 0. The van der Waals surface area contributed by atoms with Crippen LogP contribution < -0.4 is 4.90 Å². The Kier molecular flexibility index (Phi) is 3.62. The van der Waals surface area contributed by atoms with Gasteiger partial charge in [0.05, 0.1) is 24.0 Å². The predicted molar refractivity (Wildman–Crippen MR) is 83.7 cm³/mol. The van der Waals surface area contributed by atoms with Crippen molar-refractivity contribution in [3.63, 3.8) is 0 Å². The Bertz CT molecular complexity index is 536. The lowest BCUT2D eigenvalue weighted by atomic mass is 9.89. The lowest BCUT2D eigenvalue weighted by Crippen LogP contribution is -2.59. The van der Waals surface area contributed by atoms with Crippen LogP contribution in [0.25, 0.3) is 0 Å². The van der Waals surface area contributed by atoms with E-state index in [4.69, 9.17) is 4.74 Å². The van der Waals surface area contributed by atoms with E-state index < -0.39 is 0 Å². The Labute approximate surface area is 131 Å². The first-order chi connectivity index (χ1) is 10.7. The summed E-state index contributed by atoms with van der Waals surface area (Å²) in [5, 5.41) is 0. The van der Waals surface area contributed by atoms with Gasteiger partial charge in [-0.2, -0.15) is 0 Å². The van der Waals surface area contributed by atoms with E-state index in [1.54, 1.807) is 12.4 Å².